The molecule has 1 saturated carbocycles. The number of allylic oxidation sites excluding steroid dienone is 1. The molecule has 2 aliphatic rings. The van der Waals surface area contributed by atoms with E-state index >= 15 is 0 Å². The van der Waals surface area contributed by atoms with E-state index in [2.05, 4.69) is 21.9 Å². The van der Waals surface area contributed by atoms with Crippen molar-refractivity contribution in [1.82, 2.24) is 14.7 Å². The molecule has 40 heavy (non-hydrogen) atoms. The van der Waals surface area contributed by atoms with Gasteiger partial charge in [0.2, 0.25) is 0 Å². The van der Waals surface area contributed by atoms with E-state index in [1.54, 1.807) is 17.9 Å². The maximum Gasteiger partial charge on any atom is 0.417 e. The SMILES string of the molecule is CC#CC(=O)N1CCC2(CC(n3nc(C(C=NCc4cccc(C(F)(F)F)c4C#N)=CN)c(C(N)=O)c3N)C2)C1. The van der Waals surface area contributed by atoms with Crippen LogP contribution in [0.25, 0.3) is 5.57 Å². The van der Waals surface area contributed by atoms with Gasteiger partial charge in [-0.05, 0) is 49.2 Å². The van der Waals surface area contributed by atoms with Crippen LogP contribution < -0.4 is 17.2 Å². The Morgan fingerprint density at radius 2 is 2.05 bits per heavy atom. The summed E-state index contributed by atoms with van der Waals surface area (Å²) in [6, 6.07) is 4.86. The van der Waals surface area contributed by atoms with Crippen LogP contribution in [0, 0.1) is 28.6 Å². The molecule has 1 aromatic heterocycles. The molecule has 208 valence electrons. The molecule has 1 aliphatic heterocycles. The standard InChI is InChI=1S/C27H27F3N8O2/c1-2-4-21(39)37-8-7-26(15-37)9-18(10-26)38-24(33)22(25(34)40)23(36-38)17(11-31)14-35-13-16-5-3-6-20(19(16)12-32)27(28,29)30/h3,5-6,11,14,18H,7-10,13,15,31,33H2,1H3,(H2,34,40). The number of nitrogens with zero attached hydrogens (tertiary/aromatic N) is 5. The Hall–Kier alpha value is -4.78. The second-order valence-electron chi connectivity index (χ2n) is 9.87. The van der Waals surface area contributed by atoms with Gasteiger partial charge >= 0.3 is 6.18 Å². The highest BCUT2D eigenvalue weighted by Gasteiger charge is 2.51. The summed E-state index contributed by atoms with van der Waals surface area (Å²) in [6.45, 7) is 2.55. The fourth-order valence-electron chi connectivity index (χ4n) is 5.44. The number of amides is 2. The monoisotopic (exact) mass is 552 g/mol. The molecule has 1 aliphatic carbocycles. The van der Waals surface area contributed by atoms with Gasteiger partial charge in [0.25, 0.3) is 11.8 Å². The Bertz CT molecular complexity index is 1510. The number of rotatable bonds is 6. The van der Waals surface area contributed by atoms with Crippen LogP contribution in [0.1, 0.15) is 65.0 Å². The number of carbonyl (C=O) groups excluding carboxylic acids is 2. The first-order chi connectivity index (χ1) is 18.9. The third-order valence-corrected chi connectivity index (χ3v) is 7.35. The van der Waals surface area contributed by atoms with E-state index in [1.807, 2.05) is 0 Å². The molecule has 2 amide bonds. The highest BCUT2D eigenvalue weighted by molar-refractivity contribution is 6.14. The summed E-state index contributed by atoms with van der Waals surface area (Å²) in [5.74, 6) is 4.20. The predicted octanol–water partition coefficient (Wildman–Crippen LogP) is 2.60. The van der Waals surface area contributed by atoms with Crippen LogP contribution in [0.2, 0.25) is 0 Å². The van der Waals surface area contributed by atoms with Crippen molar-refractivity contribution in [1.29, 1.82) is 5.26 Å². The van der Waals surface area contributed by atoms with Crippen molar-refractivity contribution in [2.45, 2.75) is 44.9 Å². The van der Waals surface area contributed by atoms with E-state index in [1.165, 1.54) is 23.0 Å². The van der Waals surface area contributed by atoms with Crippen molar-refractivity contribution < 1.29 is 22.8 Å². The number of benzene rings is 1. The van der Waals surface area contributed by atoms with Gasteiger partial charge in [-0.2, -0.15) is 23.5 Å². The summed E-state index contributed by atoms with van der Waals surface area (Å²) in [4.78, 5) is 30.4. The summed E-state index contributed by atoms with van der Waals surface area (Å²) in [5.41, 5.74) is 16.3. The van der Waals surface area contributed by atoms with Gasteiger partial charge in [0.15, 0.2) is 0 Å². The lowest BCUT2D eigenvalue weighted by atomic mass is 9.65. The lowest BCUT2D eigenvalue weighted by molar-refractivity contribution is -0.137. The summed E-state index contributed by atoms with van der Waals surface area (Å²) in [7, 11) is 0. The number of alkyl halides is 3. The Morgan fingerprint density at radius 1 is 1.32 bits per heavy atom. The summed E-state index contributed by atoms with van der Waals surface area (Å²) in [5, 5.41) is 13.8. The topological polar surface area (TPSA) is 169 Å². The molecule has 0 bridgehead atoms. The molecule has 10 nitrogen and oxygen atoms in total. The van der Waals surface area contributed by atoms with Crippen LogP contribution in [0.5, 0.6) is 0 Å². The van der Waals surface area contributed by atoms with Gasteiger partial charge in [0.1, 0.15) is 23.1 Å². The number of aromatic nitrogens is 2. The van der Waals surface area contributed by atoms with Gasteiger partial charge in [0, 0.05) is 31.1 Å². The van der Waals surface area contributed by atoms with Crippen LogP contribution in [0.15, 0.2) is 29.4 Å². The normalized spacial score (nSPS) is 20.7. The van der Waals surface area contributed by atoms with E-state index in [4.69, 9.17) is 17.2 Å². The molecule has 2 fully saturated rings. The zero-order valence-electron chi connectivity index (χ0n) is 21.6. The first-order valence-corrected chi connectivity index (χ1v) is 12.4. The van der Waals surface area contributed by atoms with Gasteiger partial charge in [-0.1, -0.05) is 18.1 Å². The number of carbonyl (C=O) groups is 2. The molecule has 1 saturated heterocycles. The maximum absolute atomic E-state index is 13.3. The van der Waals surface area contributed by atoms with Crippen LogP contribution in [-0.2, 0) is 17.5 Å². The van der Waals surface area contributed by atoms with E-state index in [0.29, 0.717) is 25.9 Å². The molecule has 2 heterocycles. The number of nitriles is 1. The zero-order valence-corrected chi connectivity index (χ0v) is 21.6. The predicted molar refractivity (Wildman–Crippen MR) is 141 cm³/mol. The minimum atomic E-state index is -4.69. The van der Waals surface area contributed by atoms with E-state index in [9.17, 15) is 28.0 Å². The first-order valence-electron chi connectivity index (χ1n) is 12.4. The van der Waals surface area contributed by atoms with Gasteiger partial charge in [0.05, 0.1) is 23.7 Å². The third-order valence-electron chi connectivity index (χ3n) is 7.35. The quantitative estimate of drug-likeness (QED) is 0.367. The van der Waals surface area contributed by atoms with E-state index < -0.39 is 23.2 Å². The van der Waals surface area contributed by atoms with Crippen molar-refractivity contribution in [2.24, 2.45) is 21.9 Å². The van der Waals surface area contributed by atoms with Gasteiger partial charge < -0.3 is 22.1 Å². The number of primary amides is 1. The maximum atomic E-state index is 13.3. The third kappa shape index (κ3) is 5.23. The van der Waals surface area contributed by atoms with Crippen molar-refractivity contribution >= 4 is 29.4 Å². The smallest absolute Gasteiger partial charge is 0.404 e. The van der Waals surface area contributed by atoms with Gasteiger partial charge in [-0.25, -0.2) is 4.68 Å². The minimum absolute atomic E-state index is 0.0534. The molecule has 1 spiro atoms. The fourth-order valence-corrected chi connectivity index (χ4v) is 5.44. The van der Waals surface area contributed by atoms with E-state index in [0.717, 1.165) is 18.7 Å². The average molecular weight is 553 g/mol. The Kier molecular flexibility index (Phi) is 7.60. The average Bonchev–Trinajstić information content (AvgIpc) is 3.47. The van der Waals surface area contributed by atoms with Crippen LogP contribution in [0.3, 0.4) is 0 Å². The number of nitrogens with two attached hydrogens (primary N) is 3. The van der Waals surface area contributed by atoms with Crippen molar-refractivity contribution in [2.75, 3.05) is 18.8 Å². The molecule has 0 atom stereocenters. The second kappa shape index (κ2) is 10.8. The summed E-state index contributed by atoms with van der Waals surface area (Å²) >= 11 is 0. The molecule has 13 heteroatoms. The van der Waals surface area contributed by atoms with Crippen LogP contribution in [-0.4, -0.2) is 45.8 Å². The number of nitrogen functional groups attached to an aromatic ring is 1. The summed E-state index contributed by atoms with van der Waals surface area (Å²) in [6.07, 6.45) is -0.124. The molecule has 0 unspecified atom stereocenters. The van der Waals surface area contributed by atoms with Crippen molar-refractivity contribution in [3.05, 3.63) is 52.3 Å². The number of hydrogen-bond donors (Lipinski definition) is 3. The Morgan fingerprint density at radius 3 is 2.65 bits per heavy atom. The van der Waals surface area contributed by atoms with Crippen LogP contribution >= 0.6 is 0 Å². The number of aliphatic imine (C=N–C) groups is 1. The fraction of sp³-hybridized carbons (Fsp3) is 0.370. The first kappa shape index (κ1) is 28.2. The largest absolute Gasteiger partial charge is 0.417 e. The zero-order chi connectivity index (χ0) is 29.2. The Balaban J connectivity index is 1.55. The highest BCUT2D eigenvalue weighted by Crippen LogP contribution is 2.54. The molecule has 6 N–H and O–H groups in total. The lowest BCUT2D eigenvalue weighted by Crippen LogP contribution is -2.42. The molecular weight excluding hydrogens is 525 g/mol. The molecule has 0 radical (unpaired) electrons. The van der Waals surface area contributed by atoms with Gasteiger partial charge in [-0.15, -0.1) is 0 Å². The van der Waals surface area contributed by atoms with E-state index in [-0.39, 0.29) is 52.1 Å². The number of anilines is 1. The van der Waals surface area contributed by atoms with Crippen molar-refractivity contribution in [3.63, 3.8) is 0 Å². The summed E-state index contributed by atoms with van der Waals surface area (Å²) < 4.78 is 41.4. The molecule has 1 aromatic carbocycles. The molecular formula is C27H27F3N8O2. The minimum Gasteiger partial charge on any atom is -0.404 e. The lowest BCUT2D eigenvalue weighted by Gasteiger charge is -2.45. The number of likely N-dealkylation sites (tertiary alicyclic amines) is 1. The Labute approximate surface area is 228 Å². The molecule has 4 rings (SSSR count). The van der Waals surface area contributed by atoms with Crippen LogP contribution in [0.4, 0.5) is 19.0 Å². The van der Waals surface area contributed by atoms with Gasteiger partial charge in [-0.3, -0.25) is 14.6 Å². The molecule has 2 aromatic rings. The second-order valence-corrected chi connectivity index (χ2v) is 9.87. The van der Waals surface area contributed by atoms with Crippen molar-refractivity contribution in [3.8, 4) is 17.9 Å². The number of hydrogen-bond acceptors (Lipinski definition) is 7. The number of halogens is 3. The highest BCUT2D eigenvalue weighted by atomic mass is 19.4.